The van der Waals surface area contributed by atoms with E-state index in [1.54, 1.807) is 0 Å². The monoisotopic (exact) mass is 318 g/mol. The molecule has 2 aromatic carbocycles. The van der Waals surface area contributed by atoms with Gasteiger partial charge in [0.25, 0.3) is 0 Å². The summed E-state index contributed by atoms with van der Waals surface area (Å²) in [5.41, 5.74) is 2.37. The predicted octanol–water partition coefficient (Wildman–Crippen LogP) is 3.62. The molecule has 24 heavy (non-hydrogen) atoms. The van der Waals surface area contributed by atoms with E-state index in [-0.39, 0.29) is 11.8 Å². The van der Waals surface area contributed by atoms with E-state index in [1.165, 1.54) is 11.1 Å². The maximum Gasteiger partial charge on any atom is 0.139 e. The van der Waals surface area contributed by atoms with Crippen molar-refractivity contribution in [3.63, 3.8) is 0 Å². The first kappa shape index (κ1) is 16.4. The lowest BCUT2D eigenvalue weighted by Crippen LogP contribution is -2.43. The zero-order chi connectivity index (χ0) is 16.8. The number of Topliss-reactive ketones (excluding diaryl/α,β-unsaturated/α-hetero) is 1. The van der Waals surface area contributed by atoms with Crippen molar-refractivity contribution in [2.75, 3.05) is 19.6 Å². The van der Waals surface area contributed by atoms with E-state index in [0.717, 1.165) is 19.6 Å². The van der Waals surface area contributed by atoms with Crippen molar-refractivity contribution in [3.8, 4) is 6.07 Å². The van der Waals surface area contributed by atoms with Gasteiger partial charge in [0.05, 0.1) is 6.07 Å². The summed E-state index contributed by atoms with van der Waals surface area (Å²) in [5, 5.41) is 8.84. The van der Waals surface area contributed by atoms with Gasteiger partial charge in [0, 0.05) is 44.3 Å². The van der Waals surface area contributed by atoms with Gasteiger partial charge in [0.2, 0.25) is 0 Å². The molecule has 1 saturated heterocycles. The smallest absolute Gasteiger partial charge is 0.139 e. The highest BCUT2D eigenvalue weighted by Crippen LogP contribution is 2.35. The Hall–Kier alpha value is -2.44. The Morgan fingerprint density at radius 2 is 1.62 bits per heavy atom. The summed E-state index contributed by atoms with van der Waals surface area (Å²) in [6.45, 7) is 2.25. The van der Waals surface area contributed by atoms with Gasteiger partial charge >= 0.3 is 0 Å². The van der Waals surface area contributed by atoms with Crippen LogP contribution in [0, 0.1) is 17.2 Å². The number of nitrogens with zero attached hydrogens (tertiary/aromatic N) is 2. The quantitative estimate of drug-likeness (QED) is 0.845. The fourth-order valence-corrected chi connectivity index (χ4v) is 3.61. The van der Waals surface area contributed by atoms with Gasteiger partial charge in [0.15, 0.2) is 0 Å². The van der Waals surface area contributed by atoms with Gasteiger partial charge in [-0.05, 0) is 11.1 Å². The summed E-state index contributed by atoms with van der Waals surface area (Å²) < 4.78 is 0. The number of likely N-dealkylation sites (tertiary alicyclic amines) is 1. The molecular formula is C21H22N2O. The Morgan fingerprint density at radius 3 is 2.17 bits per heavy atom. The molecule has 0 amide bonds. The lowest BCUT2D eigenvalue weighted by molar-refractivity contribution is -0.126. The van der Waals surface area contributed by atoms with Gasteiger partial charge in [-0.1, -0.05) is 60.7 Å². The maximum atomic E-state index is 12.7. The number of benzene rings is 2. The second kappa shape index (κ2) is 7.90. The third kappa shape index (κ3) is 3.72. The zero-order valence-electron chi connectivity index (χ0n) is 13.8. The summed E-state index contributed by atoms with van der Waals surface area (Å²) in [6, 6.07) is 22.8. The molecular weight excluding hydrogens is 296 g/mol. The molecule has 122 valence electrons. The Kier molecular flexibility index (Phi) is 5.40. The molecule has 1 heterocycles. The molecule has 3 heteroatoms. The zero-order valence-corrected chi connectivity index (χ0v) is 13.8. The number of nitriles is 1. The molecule has 1 aliphatic heterocycles. The summed E-state index contributed by atoms with van der Waals surface area (Å²) in [7, 11) is 0. The molecule has 1 fully saturated rings. The first-order valence-electron chi connectivity index (χ1n) is 8.51. The van der Waals surface area contributed by atoms with Crippen LogP contribution in [0.4, 0.5) is 0 Å². The molecule has 0 N–H and O–H groups in total. The molecule has 3 rings (SSSR count). The number of carbonyl (C=O) groups excluding carboxylic acids is 1. The molecule has 3 nitrogen and oxygen atoms in total. The standard InChI is InChI=1S/C21H22N2O/c22-13-7-14-23-15-12-20(24)19(16-23)21(17-8-3-1-4-9-17)18-10-5-2-6-11-18/h1-6,8-11,19,21H,7,12,14-16H2. The van der Waals surface area contributed by atoms with Crippen molar-refractivity contribution in [2.45, 2.75) is 18.8 Å². The fraction of sp³-hybridized carbons (Fsp3) is 0.333. The minimum Gasteiger partial charge on any atom is -0.301 e. The average Bonchev–Trinajstić information content (AvgIpc) is 2.64. The van der Waals surface area contributed by atoms with Crippen LogP contribution in [0.15, 0.2) is 60.7 Å². The molecule has 1 atom stereocenters. The third-order valence-electron chi connectivity index (χ3n) is 4.80. The van der Waals surface area contributed by atoms with Crippen LogP contribution in [0.1, 0.15) is 29.9 Å². The van der Waals surface area contributed by atoms with E-state index < -0.39 is 0 Å². The van der Waals surface area contributed by atoms with E-state index in [9.17, 15) is 4.79 Å². The number of ketones is 1. The predicted molar refractivity (Wildman–Crippen MR) is 94.5 cm³/mol. The molecule has 0 saturated carbocycles. The number of hydrogen-bond acceptors (Lipinski definition) is 3. The Morgan fingerprint density at radius 1 is 1.04 bits per heavy atom. The number of piperidine rings is 1. The third-order valence-corrected chi connectivity index (χ3v) is 4.80. The largest absolute Gasteiger partial charge is 0.301 e. The molecule has 2 aromatic rings. The molecule has 0 aromatic heterocycles. The van der Waals surface area contributed by atoms with Gasteiger partial charge in [-0.3, -0.25) is 4.79 Å². The van der Waals surface area contributed by atoms with Crippen LogP contribution in [0.2, 0.25) is 0 Å². The molecule has 0 aliphatic carbocycles. The van der Waals surface area contributed by atoms with Gasteiger partial charge in [-0.25, -0.2) is 0 Å². The SMILES string of the molecule is N#CCCN1CCC(=O)C(C(c2ccccc2)c2ccccc2)C1. The van der Waals surface area contributed by atoms with Gasteiger partial charge < -0.3 is 4.90 Å². The highest BCUT2D eigenvalue weighted by Gasteiger charge is 2.35. The van der Waals surface area contributed by atoms with Crippen molar-refractivity contribution in [1.29, 1.82) is 5.26 Å². The van der Waals surface area contributed by atoms with Crippen molar-refractivity contribution in [3.05, 3.63) is 71.8 Å². The Balaban J connectivity index is 1.92. The molecule has 0 radical (unpaired) electrons. The first-order chi connectivity index (χ1) is 11.8. The van der Waals surface area contributed by atoms with E-state index in [4.69, 9.17) is 5.26 Å². The van der Waals surface area contributed by atoms with Crippen LogP contribution in [0.25, 0.3) is 0 Å². The minimum absolute atomic E-state index is 0.0535. The first-order valence-corrected chi connectivity index (χ1v) is 8.51. The van der Waals surface area contributed by atoms with Crippen LogP contribution < -0.4 is 0 Å². The van der Waals surface area contributed by atoms with E-state index in [2.05, 4.69) is 35.2 Å². The van der Waals surface area contributed by atoms with Crippen LogP contribution >= 0.6 is 0 Å². The lowest BCUT2D eigenvalue weighted by Gasteiger charge is -2.36. The maximum absolute atomic E-state index is 12.7. The summed E-state index contributed by atoms with van der Waals surface area (Å²) in [5.74, 6) is 0.355. The second-order valence-corrected chi connectivity index (χ2v) is 6.33. The number of carbonyl (C=O) groups is 1. The summed E-state index contributed by atoms with van der Waals surface area (Å²) in [6.07, 6.45) is 1.09. The Labute approximate surface area is 143 Å². The molecule has 1 unspecified atom stereocenters. The van der Waals surface area contributed by atoms with Crippen molar-refractivity contribution >= 4 is 5.78 Å². The van der Waals surface area contributed by atoms with Crippen molar-refractivity contribution < 1.29 is 4.79 Å². The topological polar surface area (TPSA) is 44.1 Å². The van der Waals surface area contributed by atoms with E-state index in [1.807, 2.05) is 36.4 Å². The fourth-order valence-electron chi connectivity index (χ4n) is 3.61. The van der Waals surface area contributed by atoms with E-state index in [0.29, 0.717) is 18.6 Å². The second-order valence-electron chi connectivity index (χ2n) is 6.33. The van der Waals surface area contributed by atoms with Gasteiger partial charge in [-0.2, -0.15) is 5.26 Å². The number of rotatable bonds is 5. The highest BCUT2D eigenvalue weighted by molar-refractivity contribution is 5.83. The summed E-state index contributed by atoms with van der Waals surface area (Å²) >= 11 is 0. The molecule has 0 bridgehead atoms. The van der Waals surface area contributed by atoms with Gasteiger partial charge in [0.1, 0.15) is 5.78 Å². The normalized spacial score (nSPS) is 18.5. The van der Waals surface area contributed by atoms with Gasteiger partial charge in [-0.15, -0.1) is 0 Å². The van der Waals surface area contributed by atoms with Crippen molar-refractivity contribution in [1.82, 2.24) is 4.90 Å². The minimum atomic E-state index is -0.0535. The Bertz CT molecular complexity index is 666. The van der Waals surface area contributed by atoms with Crippen LogP contribution in [-0.4, -0.2) is 30.3 Å². The van der Waals surface area contributed by atoms with Crippen molar-refractivity contribution in [2.24, 2.45) is 5.92 Å². The molecule has 0 spiro atoms. The van der Waals surface area contributed by atoms with Crippen LogP contribution in [-0.2, 0) is 4.79 Å². The van der Waals surface area contributed by atoms with Crippen LogP contribution in [0.3, 0.4) is 0 Å². The van der Waals surface area contributed by atoms with Crippen LogP contribution in [0.5, 0.6) is 0 Å². The van der Waals surface area contributed by atoms with E-state index >= 15 is 0 Å². The number of hydrogen-bond donors (Lipinski definition) is 0. The average molecular weight is 318 g/mol. The lowest BCUT2D eigenvalue weighted by atomic mass is 9.76. The highest BCUT2D eigenvalue weighted by atomic mass is 16.1. The molecule has 1 aliphatic rings. The summed E-state index contributed by atoms with van der Waals surface area (Å²) in [4.78, 5) is 15.0.